The standard InChI is InChI=1S/C15H20BrNO5S/c1-17(11-4-5-23(19,20)9-11)15(18)7-10-6-13(21-2)14(22-3)8-12(10)16/h6,8,11H,4-5,7,9H2,1-3H3/t11-/m0/s1. The first-order valence-electron chi connectivity index (χ1n) is 7.14. The van der Waals surface area contributed by atoms with Gasteiger partial charge >= 0.3 is 0 Å². The molecule has 0 radical (unpaired) electrons. The van der Waals surface area contributed by atoms with Gasteiger partial charge in [-0.05, 0) is 24.1 Å². The number of hydrogen-bond donors (Lipinski definition) is 0. The molecule has 2 rings (SSSR count). The molecule has 0 unspecified atom stereocenters. The zero-order chi connectivity index (χ0) is 17.2. The van der Waals surface area contributed by atoms with Crippen LogP contribution in [0.25, 0.3) is 0 Å². The van der Waals surface area contributed by atoms with E-state index in [9.17, 15) is 13.2 Å². The van der Waals surface area contributed by atoms with E-state index in [1.54, 1.807) is 26.3 Å². The van der Waals surface area contributed by atoms with Crippen molar-refractivity contribution in [2.24, 2.45) is 0 Å². The van der Waals surface area contributed by atoms with Gasteiger partial charge in [0, 0.05) is 17.6 Å². The Morgan fingerprint density at radius 3 is 2.43 bits per heavy atom. The van der Waals surface area contributed by atoms with E-state index in [4.69, 9.17) is 9.47 Å². The van der Waals surface area contributed by atoms with Gasteiger partial charge in [-0.25, -0.2) is 8.42 Å². The van der Waals surface area contributed by atoms with Crippen molar-refractivity contribution in [1.29, 1.82) is 0 Å². The van der Waals surface area contributed by atoms with Gasteiger partial charge in [-0.2, -0.15) is 0 Å². The van der Waals surface area contributed by atoms with E-state index in [2.05, 4.69) is 15.9 Å². The summed E-state index contributed by atoms with van der Waals surface area (Å²) in [7, 11) is 1.72. The highest BCUT2D eigenvalue weighted by Gasteiger charge is 2.32. The van der Waals surface area contributed by atoms with E-state index in [-0.39, 0.29) is 29.9 Å². The van der Waals surface area contributed by atoms with Crippen LogP contribution in [0.3, 0.4) is 0 Å². The summed E-state index contributed by atoms with van der Waals surface area (Å²) in [6, 6.07) is 3.26. The van der Waals surface area contributed by atoms with Crippen molar-refractivity contribution in [3.05, 3.63) is 22.2 Å². The first kappa shape index (κ1) is 18.1. The summed E-state index contributed by atoms with van der Waals surface area (Å²) < 4.78 is 34.3. The topological polar surface area (TPSA) is 72.9 Å². The van der Waals surface area contributed by atoms with Crippen LogP contribution >= 0.6 is 15.9 Å². The molecule has 1 fully saturated rings. The third-order valence-corrected chi connectivity index (χ3v) is 6.53. The lowest BCUT2D eigenvalue weighted by Crippen LogP contribution is -2.38. The van der Waals surface area contributed by atoms with Gasteiger partial charge in [-0.15, -0.1) is 0 Å². The third kappa shape index (κ3) is 4.17. The lowest BCUT2D eigenvalue weighted by Gasteiger charge is -2.24. The number of halogens is 1. The molecule has 23 heavy (non-hydrogen) atoms. The van der Waals surface area contributed by atoms with Gasteiger partial charge in [0.1, 0.15) is 0 Å². The lowest BCUT2D eigenvalue weighted by atomic mass is 10.1. The number of carbonyl (C=O) groups is 1. The van der Waals surface area contributed by atoms with Crippen LogP contribution in [0.1, 0.15) is 12.0 Å². The minimum absolute atomic E-state index is 0.0440. The van der Waals surface area contributed by atoms with Crippen molar-refractivity contribution in [3.63, 3.8) is 0 Å². The van der Waals surface area contributed by atoms with Gasteiger partial charge < -0.3 is 14.4 Å². The molecule has 1 atom stereocenters. The number of ether oxygens (including phenoxy) is 2. The maximum absolute atomic E-state index is 12.5. The molecule has 1 heterocycles. The Kier molecular flexibility index (Phi) is 5.57. The van der Waals surface area contributed by atoms with Gasteiger partial charge in [-0.3, -0.25) is 4.79 Å². The highest BCUT2D eigenvalue weighted by molar-refractivity contribution is 9.10. The smallest absolute Gasteiger partial charge is 0.227 e. The first-order chi connectivity index (χ1) is 10.8. The van der Waals surface area contributed by atoms with Crippen molar-refractivity contribution in [1.82, 2.24) is 4.90 Å². The Balaban J connectivity index is 2.14. The number of carbonyl (C=O) groups excluding carboxylic acids is 1. The predicted octanol–water partition coefficient (Wildman–Crippen LogP) is 1.65. The second-order valence-corrected chi connectivity index (χ2v) is 8.62. The monoisotopic (exact) mass is 405 g/mol. The van der Waals surface area contributed by atoms with Gasteiger partial charge in [0.25, 0.3) is 0 Å². The van der Waals surface area contributed by atoms with Crippen molar-refractivity contribution in [2.45, 2.75) is 18.9 Å². The molecule has 6 nitrogen and oxygen atoms in total. The second-order valence-electron chi connectivity index (χ2n) is 5.54. The third-order valence-electron chi connectivity index (χ3n) is 4.04. The Bertz CT molecular complexity index is 704. The Labute approximate surface area is 144 Å². The van der Waals surface area contributed by atoms with Crippen molar-refractivity contribution in [2.75, 3.05) is 32.8 Å². The maximum atomic E-state index is 12.5. The zero-order valence-corrected chi connectivity index (χ0v) is 15.7. The molecular weight excluding hydrogens is 386 g/mol. The fraction of sp³-hybridized carbons (Fsp3) is 0.533. The summed E-state index contributed by atoms with van der Waals surface area (Å²) in [5.41, 5.74) is 0.764. The number of methoxy groups -OCH3 is 2. The normalized spacial score (nSPS) is 19.4. The van der Waals surface area contributed by atoms with E-state index in [1.807, 2.05) is 0 Å². The fourth-order valence-electron chi connectivity index (χ4n) is 2.60. The summed E-state index contributed by atoms with van der Waals surface area (Å²) in [5, 5.41) is 0. The highest BCUT2D eigenvalue weighted by atomic mass is 79.9. The van der Waals surface area contributed by atoms with E-state index < -0.39 is 9.84 Å². The van der Waals surface area contributed by atoms with Crippen LogP contribution in [0, 0.1) is 0 Å². The van der Waals surface area contributed by atoms with Crippen molar-refractivity contribution >= 4 is 31.7 Å². The van der Waals surface area contributed by atoms with Gasteiger partial charge in [0.15, 0.2) is 21.3 Å². The number of amides is 1. The molecule has 1 saturated heterocycles. The molecule has 128 valence electrons. The molecule has 1 aliphatic rings. The molecule has 1 aromatic carbocycles. The minimum Gasteiger partial charge on any atom is -0.493 e. The molecule has 1 aromatic rings. The molecule has 0 bridgehead atoms. The van der Waals surface area contributed by atoms with Crippen LogP contribution in [-0.4, -0.2) is 58.0 Å². The van der Waals surface area contributed by atoms with E-state index in [0.717, 1.165) is 10.0 Å². The van der Waals surface area contributed by atoms with Crippen LogP contribution in [0.2, 0.25) is 0 Å². The van der Waals surface area contributed by atoms with Crippen LogP contribution in [-0.2, 0) is 21.1 Å². The van der Waals surface area contributed by atoms with Crippen LogP contribution < -0.4 is 9.47 Å². The summed E-state index contributed by atoms with van der Waals surface area (Å²) in [6.45, 7) is 0. The first-order valence-corrected chi connectivity index (χ1v) is 9.75. The van der Waals surface area contributed by atoms with Crippen molar-refractivity contribution in [3.8, 4) is 11.5 Å². The largest absolute Gasteiger partial charge is 0.493 e. The van der Waals surface area contributed by atoms with E-state index >= 15 is 0 Å². The Hall–Kier alpha value is -1.28. The van der Waals surface area contributed by atoms with Gasteiger partial charge in [-0.1, -0.05) is 15.9 Å². The average Bonchev–Trinajstić information content (AvgIpc) is 2.87. The molecule has 0 spiro atoms. The van der Waals surface area contributed by atoms with Crippen LogP contribution in [0.4, 0.5) is 0 Å². The second kappa shape index (κ2) is 7.09. The zero-order valence-electron chi connectivity index (χ0n) is 13.3. The van der Waals surface area contributed by atoms with Crippen molar-refractivity contribution < 1.29 is 22.7 Å². The Morgan fingerprint density at radius 1 is 1.30 bits per heavy atom. The summed E-state index contributed by atoms with van der Waals surface area (Å²) in [4.78, 5) is 14.0. The average molecular weight is 406 g/mol. The molecule has 8 heteroatoms. The van der Waals surface area contributed by atoms with Gasteiger partial charge in [0.05, 0.1) is 32.1 Å². The maximum Gasteiger partial charge on any atom is 0.227 e. The number of nitrogens with zero attached hydrogens (tertiary/aromatic N) is 1. The number of hydrogen-bond acceptors (Lipinski definition) is 5. The van der Waals surface area contributed by atoms with Gasteiger partial charge in [0.2, 0.25) is 5.91 Å². The number of benzene rings is 1. The number of likely N-dealkylation sites (N-methyl/N-ethyl adjacent to an activating group) is 1. The number of sulfone groups is 1. The molecule has 1 amide bonds. The summed E-state index contributed by atoms with van der Waals surface area (Å²) in [5.74, 6) is 1.19. The molecule has 0 aromatic heterocycles. The summed E-state index contributed by atoms with van der Waals surface area (Å²) in [6.07, 6.45) is 0.658. The minimum atomic E-state index is -3.01. The molecule has 0 N–H and O–H groups in total. The summed E-state index contributed by atoms with van der Waals surface area (Å²) >= 11 is 3.43. The van der Waals surface area contributed by atoms with E-state index in [0.29, 0.717) is 17.9 Å². The Morgan fingerprint density at radius 2 is 1.91 bits per heavy atom. The lowest BCUT2D eigenvalue weighted by molar-refractivity contribution is -0.130. The number of rotatable bonds is 5. The van der Waals surface area contributed by atoms with E-state index in [1.165, 1.54) is 12.0 Å². The predicted molar refractivity (Wildman–Crippen MR) is 90.8 cm³/mol. The van der Waals surface area contributed by atoms with Crippen LogP contribution in [0.15, 0.2) is 16.6 Å². The SMILES string of the molecule is COc1cc(Br)c(CC(=O)N(C)[C@H]2CCS(=O)(=O)C2)cc1OC. The molecule has 0 aliphatic carbocycles. The fourth-order valence-corrected chi connectivity index (χ4v) is 4.84. The quantitative estimate of drug-likeness (QED) is 0.744. The molecule has 1 aliphatic heterocycles. The molecular formula is C15H20BrNO5S. The highest BCUT2D eigenvalue weighted by Crippen LogP contribution is 2.33. The molecule has 0 saturated carbocycles. The van der Waals surface area contributed by atoms with Crippen LogP contribution in [0.5, 0.6) is 11.5 Å².